The van der Waals surface area contributed by atoms with Gasteiger partial charge >= 0.3 is 0 Å². The lowest BCUT2D eigenvalue weighted by Gasteiger charge is -2.14. The van der Waals surface area contributed by atoms with Crippen LogP contribution in [0.5, 0.6) is 5.75 Å². The Morgan fingerprint density at radius 2 is 2.16 bits per heavy atom. The van der Waals surface area contributed by atoms with Crippen molar-refractivity contribution in [3.05, 3.63) is 47.7 Å². The van der Waals surface area contributed by atoms with Gasteiger partial charge in [-0.1, -0.05) is 18.2 Å². The van der Waals surface area contributed by atoms with Gasteiger partial charge in [0.05, 0.1) is 19.9 Å². The molecule has 0 aliphatic rings. The number of aromatic nitrogens is 1. The van der Waals surface area contributed by atoms with E-state index in [4.69, 9.17) is 9.15 Å². The van der Waals surface area contributed by atoms with Crippen LogP contribution in [0.4, 0.5) is 0 Å². The van der Waals surface area contributed by atoms with E-state index in [1.165, 1.54) is 5.56 Å². The molecular formula is C15H20N2O2. The monoisotopic (exact) mass is 260 g/mol. The van der Waals surface area contributed by atoms with E-state index in [0.29, 0.717) is 12.6 Å². The number of hydrogen-bond acceptors (Lipinski definition) is 4. The number of rotatable bonds is 6. The average Bonchev–Trinajstić information content (AvgIpc) is 2.83. The minimum atomic E-state index is 0.323. The molecule has 0 saturated heterocycles. The van der Waals surface area contributed by atoms with Gasteiger partial charge in [-0.25, -0.2) is 4.98 Å². The van der Waals surface area contributed by atoms with Crippen LogP contribution in [0, 0.1) is 6.92 Å². The third-order valence-electron chi connectivity index (χ3n) is 2.99. The van der Waals surface area contributed by atoms with Crippen molar-refractivity contribution in [3.63, 3.8) is 0 Å². The first-order valence-corrected chi connectivity index (χ1v) is 6.45. The van der Waals surface area contributed by atoms with Gasteiger partial charge in [-0.05, 0) is 31.9 Å². The van der Waals surface area contributed by atoms with Gasteiger partial charge in [0.15, 0.2) is 0 Å². The van der Waals surface area contributed by atoms with Gasteiger partial charge in [-0.3, -0.25) is 0 Å². The summed E-state index contributed by atoms with van der Waals surface area (Å²) >= 11 is 0. The summed E-state index contributed by atoms with van der Waals surface area (Å²) in [5, 5.41) is 3.40. The Hall–Kier alpha value is -1.81. The lowest BCUT2D eigenvalue weighted by molar-refractivity contribution is 0.401. The van der Waals surface area contributed by atoms with Crippen LogP contribution >= 0.6 is 0 Å². The highest BCUT2D eigenvalue weighted by atomic mass is 16.5. The molecule has 4 nitrogen and oxygen atoms in total. The molecule has 2 rings (SSSR count). The van der Waals surface area contributed by atoms with Crippen LogP contribution in [-0.4, -0.2) is 18.1 Å². The number of aryl methyl sites for hydroxylation is 1. The van der Waals surface area contributed by atoms with Crippen molar-refractivity contribution in [2.75, 3.05) is 7.11 Å². The number of oxazole rings is 1. The first-order chi connectivity index (χ1) is 9.19. The smallest absolute Gasteiger partial charge is 0.208 e. The number of benzene rings is 1. The van der Waals surface area contributed by atoms with Crippen LogP contribution in [0.2, 0.25) is 0 Å². The molecule has 2 aromatic rings. The maximum atomic E-state index is 5.43. The summed E-state index contributed by atoms with van der Waals surface area (Å²) in [6, 6.07) is 8.41. The summed E-state index contributed by atoms with van der Waals surface area (Å²) in [5.41, 5.74) is 1.20. The third-order valence-corrected chi connectivity index (χ3v) is 2.99. The van der Waals surface area contributed by atoms with E-state index in [2.05, 4.69) is 23.3 Å². The van der Waals surface area contributed by atoms with E-state index in [9.17, 15) is 0 Å². The fourth-order valence-corrected chi connectivity index (χ4v) is 2.02. The van der Waals surface area contributed by atoms with Crippen molar-refractivity contribution < 1.29 is 9.15 Å². The minimum Gasteiger partial charge on any atom is -0.496 e. The first-order valence-electron chi connectivity index (χ1n) is 6.45. The van der Waals surface area contributed by atoms with Gasteiger partial charge in [-0.15, -0.1) is 0 Å². The van der Waals surface area contributed by atoms with Crippen LogP contribution < -0.4 is 10.1 Å². The van der Waals surface area contributed by atoms with E-state index < -0.39 is 0 Å². The van der Waals surface area contributed by atoms with E-state index in [0.717, 1.165) is 23.8 Å². The van der Waals surface area contributed by atoms with Crippen LogP contribution in [0.3, 0.4) is 0 Å². The lowest BCUT2D eigenvalue weighted by atomic mass is 10.1. The molecule has 4 heteroatoms. The predicted molar refractivity (Wildman–Crippen MR) is 74.2 cm³/mol. The van der Waals surface area contributed by atoms with Crippen molar-refractivity contribution in [2.45, 2.75) is 32.9 Å². The average molecular weight is 260 g/mol. The standard InChI is InChI=1S/C15H20N2O2/c1-11(16-10-15-17-9-12(2)19-15)8-13-6-4-5-7-14(13)18-3/h4-7,9,11,16H,8,10H2,1-3H3. The van der Waals surface area contributed by atoms with Gasteiger partial charge in [0.25, 0.3) is 0 Å². The van der Waals surface area contributed by atoms with E-state index >= 15 is 0 Å². The highest BCUT2D eigenvalue weighted by Gasteiger charge is 2.09. The van der Waals surface area contributed by atoms with Gasteiger partial charge in [0.1, 0.15) is 11.5 Å². The summed E-state index contributed by atoms with van der Waals surface area (Å²) in [6.07, 6.45) is 2.64. The Morgan fingerprint density at radius 1 is 1.37 bits per heavy atom. The fourth-order valence-electron chi connectivity index (χ4n) is 2.02. The van der Waals surface area contributed by atoms with Crippen LogP contribution in [0.1, 0.15) is 24.1 Å². The molecule has 0 aliphatic heterocycles. The number of nitrogens with zero attached hydrogens (tertiary/aromatic N) is 1. The quantitative estimate of drug-likeness (QED) is 0.867. The van der Waals surface area contributed by atoms with E-state index in [1.54, 1.807) is 13.3 Å². The normalized spacial score (nSPS) is 12.4. The zero-order valence-electron chi connectivity index (χ0n) is 11.6. The molecule has 19 heavy (non-hydrogen) atoms. The molecule has 1 atom stereocenters. The van der Waals surface area contributed by atoms with Gasteiger partial charge in [-0.2, -0.15) is 0 Å². The van der Waals surface area contributed by atoms with Gasteiger partial charge in [0, 0.05) is 6.04 Å². The summed E-state index contributed by atoms with van der Waals surface area (Å²) in [7, 11) is 1.70. The molecule has 0 bridgehead atoms. The molecule has 0 radical (unpaired) electrons. The summed E-state index contributed by atoms with van der Waals surface area (Å²) in [4.78, 5) is 4.17. The first kappa shape index (κ1) is 13.6. The topological polar surface area (TPSA) is 47.3 Å². The Labute approximate surface area is 113 Å². The number of hydrogen-bond donors (Lipinski definition) is 1. The van der Waals surface area contributed by atoms with Crippen molar-refractivity contribution >= 4 is 0 Å². The highest BCUT2D eigenvalue weighted by molar-refractivity contribution is 5.33. The van der Waals surface area contributed by atoms with E-state index in [-0.39, 0.29) is 0 Å². The highest BCUT2D eigenvalue weighted by Crippen LogP contribution is 2.18. The molecule has 0 saturated carbocycles. The van der Waals surface area contributed by atoms with Crippen molar-refractivity contribution in [1.29, 1.82) is 0 Å². The number of methoxy groups -OCH3 is 1. The van der Waals surface area contributed by atoms with E-state index in [1.807, 2.05) is 25.1 Å². The van der Waals surface area contributed by atoms with Gasteiger partial charge < -0.3 is 14.5 Å². The summed E-state index contributed by atoms with van der Waals surface area (Å²) in [6.45, 7) is 4.68. The number of para-hydroxylation sites is 1. The van der Waals surface area contributed by atoms with Crippen LogP contribution in [-0.2, 0) is 13.0 Å². The molecule has 0 amide bonds. The largest absolute Gasteiger partial charge is 0.496 e. The second-order valence-electron chi connectivity index (χ2n) is 4.66. The van der Waals surface area contributed by atoms with Crippen molar-refractivity contribution in [2.24, 2.45) is 0 Å². The molecule has 102 valence electrons. The number of nitrogens with one attached hydrogen (secondary N) is 1. The lowest BCUT2D eigenvalue weighted by Crippen LogP contribution is -2.27. The fraction of sp³-hybridized carbons (Fsp3) is 0.400. The molecule has 0 aliphatic carbocycles. The Balaban J connectivity index is 1.88. The number of ether oxygens (including phenoxy) is 1. The maximum absolute atomic E-state index is 5.43. The summed E-state index contributed by atoms with van der Waals surface area (Å²) < 4.78 is 10.8. The second-order valence-corrected chi connectivity index (χ2v) is 4.66. The molecule has 1 aromatic carbocycles. The molecular weight excluding hydrogens is 240 g/mol. The predicted octanol–water partition coefficient (Wildman–Crippen LogP) is 2.71. The Kier molecular flexibility index (Phi) is 4.58. The Morgan fingerprint density at radius 3 is 2.84 bits per heavy atom. The minimum absolute atomic E-state index is 0.323. The summed E-state index contributed by atoms with van der Waals surface area (Å²) in [5.74, 6) is 2.50. The maximum Gasteiger partial charge on any atom is 0.208 e. The molecule has 1 unspecified atom stereocenters. The second kappa shape index (κ2) is 6.38. The Bertz CT molecular complexity index is 522. The van der Waals surface area contributed by atoms with Crippen LogP contribution in [0.25, 0.3) is 0 Å². The van der Waals surface area contributed by atoms with Crippen LogP contribution in [0.15, 0.2) is 34.9 Å². The molecule has 1 aromatic heterocycles. The molecule has 1 N–H and O–H groups in total. The molecule has 0 spiro atoms. The van der Waals surface area contributed by atoms with Crippen molar-refractivity contribution in [3.8, 4) is 5.75 Å². The zero-order valence-corrected chi connectivity index (χ0v) is 11.6. The molecule has 1 heterocycles. The van der Waals surface area contributed by atoms with Gasteiger partial charge in [0.2, 0.25) is 5.89 Å². The zero-order chi connectivity index (χ0) is 13.7. The van der Waals surface area contributed by atoms with Crippen molar-refractivity contribution in [1.82, 2.24) is 10.3 Å². The third kappa shape index (κ3) is 3.83. The molecule has 0 fully saturated rings. The SMILES string of the molecule is COc1ccccc1CC(C)NCc1ncc(C)o1.